The summed E-state index contributed by atoms with van der Waals surface area (Å²) in [5.41, 5.74) is 1.03. The van der Waals surface area contributed by atoms with Crippen molar-refractivity contribution in [2.24, 2.45) is 5.92 Å². The molecular weight excluding hydrogens is 314 g/mol. The van der Waals surface area contributed by atoms with E-state index in [2.05, 4.69) is 14.8 Å². The highest BCUT2D eigenvalue weighted by Crippen LogP contribution is 2.33. The summed E-state index contributed by atoms with van der Waals surface area (Å²) in [7, 11) is 0. The van der Waals surface area contributed by atoms with E-state index in [1.807, 2.05) is 36.5 Å². The van der Waals surface area contributed by atoms with Gasteiger partial charge in [-0.15, -0.1) is 0 Å². The van der Waals surface area contributed by atoms with Gasteiger partial charge in [-0.05, 0) is 63.0 Å². The first-order valence-electron chi connectivity index (χ1n) is 9.27. The van der Waals surface area contributed by atoms with Crippen LogP contribution in [0.15, 0.2) is 47.2 Å². The van der Waals surface area contributed by atoms with E-state index in [0.717, 1.165) is 63.3 Å². The molecule has 1 unspecified atom stereocenters. The van der Waals surface area contributed by atoms with Crippen LogP contribution >= 0.6 is 0 Å². The Hall–Kier alpha value is -2.14. The molecule has 0 N–H and O–H groups in total. The molecule has 0 bridgehead atoms. The zero-order chi connectivity index (χ0) is 17.1. The highest BCUT2D eigenvalue weighted by Gasteiger charge is 2.35. The van der Waals surface area contributed by atoms with E-state index in [1.165, 1.54) is 0 Å². The Morgan fingerprint density at radius 3 is 2.72 bits per heavy atom. The van der Waals surface area contributed by atoms with Gasteiger partial charge in [-0.25, -0.2) is 0 Å². The standard InChI is InChI=1S/C20H25N3O2/c24-20(23-11-3-7-19(23)18-6-1-2-10-21-18)16-8-12-22(13-9-16)15-17-5-4-14-25-17/h1-2,4-6,10,14,16,19H,3,7-9,11-13,15H2. The lowest BCUT2D eigenvalue weighted by atomic mass is 9.94. The summed E-state index contributed by atoms with van der Waals surface area (Å²) in [5.74, 6) is 1.47. The SMILES string of the molecule is O=C(C1CCN(Cc2ccco2)CC1)N1CCCC1c1ccccn1. The highest BCUT2D eigenvalue weighted by atomic mass is 16.3. The second-order valence-corrected chi connectivity index (χ2v) is 7.07. The van der Waals surface area contributed by atoms with Crippen LogP contribution in [0.25, 0.3) is 0 Å². The van der Waals surface area contributed by atoms with E-state index in [0.29, 0.717) is 5.91 Å². The van der Waals surface area contributed by atoms with Crippen LogP contribution in [-0.4, -0.2) is 40.3 Å². The summed E-state index contributed by atoms with van der Waals surface area (Å²) in [6, 6.07) is 10.1. The lowest BCUT2D eigenvalue weighted by Crippen LogP contribution is -2.42. The van der Waals surface area contributed by atoms with Crippen LogP contribution < -0.4 is 0 Å². The minimum atomic E-state index is 0.150. The molecule has 2 fully saturated rings. The largest absolute Gasteiger partial charge is 0.468 e. The van der Waals surface area contributed by atoms with E-state index < -0.39 is 0 Å². The monoisotopic (exact) mass is 339 g/mol. The van der Waals surface area contributed by atoms with E-state index in [1.54, 1.807) is 6.26 Å². The number of carbonyl (C=O) groups excluding carboxylic acids is 1. The third-order valence-electron chi connectivity index (χ3n) is 5.46. The van der Waals surface area contributed by atoms with Crippen molar-refractivity contribution in [2.75, 3.05) is 19.6 Å². The fourth-order valence-corrected chi connectivity index (χ4v) is 4.11. The number of piperidine rings is 1. The van der Waals surface area contributed by atoms with Gasteiger partial charge in [0.1, 0.15) is 5.76 Å². The molecule has 25 heavy (non-hydrogen) atoms. The van der Waals surface area contributed by atoms with Crippen LogP contribution in [0.4, 0.5) is 0 Å². The molecule has 2 aromatic rings. The molecule has 1 amide bonds. The summed E-state index contributed by atoms with van der Waals surface area (Å²) in [5, 5.41) is 0. The predicted molar refractivity (Wildman–Crippen MR) is 94.6 cm³/mol. The Morgan fingerprint density at radius 2 is 2.00 bits per heavy atom. The normalized spacial score (nSPS) is 22.4. The summed E-state index contributed by atoms with van der Waals surface area (Å²) in [6.45, 7) is 3.62. The molecule has 5 nitrogen and oxygen atoms in total. The maximum Gasteiger partial charge on any atom is 0.226 e. The number of likely N-dealkylation sites (tertiary alicyclic amines) is 2. The van der Waals surface area contributed by atoms with Gasteiger partial charge in [0.15, 0.2) is 0 Å². The molecule has 1 atom stereocenters. The third-order valence-corrected chi connectivity index (χ3v) is 5.46. The fraction of sp³-hybridized carbons (Fsp3) is 0.500. The zero-order valence-corrected chi connectivity index (χ0v) is 14.5. The number of carbonyl (C=O) groups is 1. The van der Waals surface area contributed by atoms with Crippen molar-refractivity contribution in [3.05, 3.63) is 54.2 Å². The van der Waals surface area contributed by atoms with E-state index in [9.17, 15) is 4.79 Å². The molecule has 2 aliphatic rings. The quantitative estimate of drug-likeness (QED) is 0.858. The van der Waals surface area contributed by atoms with Crippen LogP contribution in [0.1, 0.15) is 43.2 Å². The Kier molecular flexibility index (Phi) is 4.83. The van der Waals surface area contributed by atoms with Gasteiger partial charge < -0.3 is 9.32 Å². The molecule has 2 saturated heterocycles. The zero-order valence-electron chi connectivity index (χ0n) is 14.5. The van der Waals surface area contributed by atoms with E-state index in [-0.39, 0.29) is 12.0 Å². The molecular formula is C20H25N3O2. The van der Waals surface area contributed by atoms with Gasteiger partial charge in [0.2, 0.25) is 5.91 Å². The molecule has 4 rings (SSSR count). The number of pyridine rings is 1. The van der Waals surface area contributed by atoms with Crippen molar-refractivity contribution in [2.45, 2.75) is 38.3 Å². The maximum absolute atomic E-state index is 13.1. The van der Waals surface area contributed by atoms with Crippen LogP contribution in [0.2, 0.25) is 0 Å². The second kappa shape index (κ2) is 7.40. The Morgan fingerprint density at radius 1 is 1.12 bits per heavy atom. The van der Waals surface area contributed by atoms with Crippen LogP contribution in [-0.2, 0) is 11.3 Å². The Bertz CT molecular complexity index is 678. The maximum atomic E-state index is 13.1. The number of rotatable bonds is 4. The Balaban J connectivity index is 1.35. The third kappa shape index (κ3) is 3.61. The number of hydrogen-bond donors (Lipinski definition) is 0. The van der Waals surface area contributed by atoms with Gasteiger partial charge in [0.25, 0.3) is 0 Å². The summed E-state index contributed by atoms with van der Waals surface area (Å²) >= 11 is 0. The fourth-order valence-electron chi connectivity index (χ4n) is 4.11. The van der Waals surface area contributed by atoms with Crippen molar-refractivity contribution in [3.63, 3.8) is 0 Å². The number of aromatic nitrogens is 1. The molecule has 0 aliphatic carbocycles. The molecule has 0 spiro atoms. The molecule has 4 heterocycles. The van der Waals surface area contributed by atoms with Crippen molar-refractivity contribution in [1.82, 2.24) is 14.8 Å². The summed E-state index contributed by atoms with van der Waals surface area (Å²) < 4.78 is 5.43. The van der Waals surface area contributed by atoms with Gasteiger partial charge in [-0.2, -0.15) is 0 Å². The predicted octanol–water partition coefficient (Wildman–Crippen LogP) is 3.25. The van der Waals surface area contributed by atoms with Gasteiger partial charge in [-0.3, -0.25) is 14.7 Å². The molecule has 0 radical (unpaired) electrons. The number of amides is 1. The Labute approximate surface area is 148 Å². The van der Waals surface area contributed by atoms with Crippen molar-refractivity contribution in [3.8, 4) is 0 Å². The van der Waals surface area contributed by atoms with Gasteiger partial charge in [0, 0.05) is 18.7 Å². The molecule has 0 saturated carbocycles. The number of furan rings is 1. The highest BCUT2D eigenvalue weighted by molar-refractivity contribution is 5.79. The lowest BCUT2D eigenvalue weighted by Gasteiger charge is -2.34. The minimum absolute atomic E-state index is 0.150. The van der Waals surface area contributed by atoms with Crippen molar-refractivity contribution >= 4 is 5.91 Å². The average Bonchev–Trinajstić information content (AvgIpc) is 3.34. The molecule has 132 valence electrons. The van der Waals surface area contributed by atoms with Gasteiger partial charge in [0.05, 0.1) is 24.5 Å². The molecule has 2 aliphatic heterocycles. The second-order valence-electron chi connectivity index (χ2n) is 7.07. The van der Waals surface area contributed by atoms with Gasteiger partial charge in [-0.1, -0.05) is 6.07 Å². The van der Waals surface area contributed by atoms with Crippen LogP contribution in [0, 0.1) is 5.92 Å². The summed E-state index contributed by atoms with van der Waals surface area (Å²) in [6.07, 6.45) is 7.51. The number of nitrogens with zero attached hydrogens (tertiary/aromatic N) is 3. The topological polar surface area (TPSA) is 49.6 Å². The smallest absolute Gasteiger partial charge is 0.226 e. The van der Waals surface area contributed by atoms with Crippen LogP contribution in [0.5, 0.6) is 0 Å². The minimum Gasteiger partial charge on any atom is -0.468 e. The molecule has 0 aromatic carbocycles. The molecule has 5 heteroatoms. The van der Waals surface area contributed by atoms with Crippen molar-refractivity contribution < 1.29 is 9.21 Å². The average molecular weight is 339 g/mol. The van der Waals surface area contributed by atoms with Crippen LogP contribution in [0.3, 0.4) is 0 Å². The first-order chi connectivity index (χ1) is 12.3. The first kappa shape index (κ1) is 16.3. The van der Waals surface area contributed by atoms with Gasteiger partial charge >= 0.3 is 0 Å². The van der Waals surface area contributed by atoms with E-state index >= 15 is 0 Å². The summed E-state index contributed by atoms with van der Waals surface area (Å²) in [4.78, 5) is 22.0. The van der Waals surface area contributed by atoms with E-state index in [4.69, 9.17) is 4.42 Å². The molecule has 2 aromatic heterocycles. The van der Waals surface area contributed by atoms with Crippen molar-refractivity contribution in [1.29, 1.82) is 0 Å². The first-order valence-corrected chi connectivity index (χ1v) is 9.27. The number of hydrogen-bond acceptors (Lipinski definition) is 4. The lowest BCUT2D eigenvalue weighted by molar-refractivity contribution is -0.138.